The lowest BCUT2D eigenvalue weighted by Gasteiger charge is -2.28. The maximum absolute atomic E-state index is 9.46. The Bertz CT molecular complexity index is 4560. The third-order valence-electron chi connectivity index (χ3n) is 15.6. The van der Waals surface area contributed by atoms with Crippen molar-refractivity contribution in [3.8, 4) is 0 Å². The Morgan fingerprint density at radius 3 is 0.986 bits per heavy atom. The van der Waals surface area contributed by atoms with Gasteiger partial charge in [0.1, 0.15) is 0 Å². The van der Waals surface area contributed by atoms with Crippen LogP contribution in [0.15, 0.2) is 182 Å². The minimum absolute atomic E-state index is 0.0586. The Balaban J connectivity index is 1.16. The van der Waals surface area contributed by atoms with Gasteiger partial charge < -0.3 is 18.6 Å². The van der Waals surface area contributed by atoms with E-state index in [1.54, 1.807) is 0 Å². The van der Waals surface area contributed by atoms with Crippen LogP contribution in [0.3, 0.4) is 0 Å². The molecule has 4 heterocycles. The average Bonchev–Trinajstić information content (AvgIpc) is 1.52. The van der Waals surface area contributed by atoms with Gasteiger partial charge in [0.15, 0.2) is 0 Å². The first-order chi connectivity index (χ1) is 39.4. The summed E-state index contributed by atoms with van der Waals surface area (Å²) in [4.78, 5) is 3.72. The van der Waals surface area contributed by atoms with E-state index in [1.807, 2.05) is 46.2 Å². The topological polar surface area (TPSA) is 15.3 Å². The molecule has 4 nitrogen and oxygen atoms in total. The molecule has 0 aliphatic heterocycles. The number of nitrogens with zero attached hydrogens (tertiary/aromatic N) is 4. The highest BCUT2D eigenvalue weighted by atomic mass is 15.2. The molecule has 0 aliphatic carbocycles. The summed E-state index contributed by atoms with van der Waals surface area (Å²) >= 11 is 0. The second-order valence-electron chi connectivity index (χ2n) is 24.4. The third kappa shape index (κ3) is 6.94. The molecule has 0 saturated carbocycles. The SMILES string of the molecule is [2H]c1c([2H])c([2H])c(N(c2ccc(C(C)(C)C)cc2)c2ccc3c4cc5c(cc4n4c6ccc(C(C)(C)C)cc6c2c34)c2ccc(N(c3ccc(C(C)(C)C)cc3)c3c([2H])c([2H])c([2H])c([2H])c3[2H])c3c4cc(C(C)(C)C)ccc4n5c23)c([2H])c1[2H]. The number of aromatic nitrogens is 2. The Morgan fingerprint density at radius 1 is 0.311 bits per heavy atom. The zero-order valence-corrected chi connectivity index (χ0v) is 44.3. The zero-order chi connectivity index (χ0) is 60.1. The molecule has 0 fully saturated rings. The van der Waals surface area contributed by atoms with E-state index in [1.165, 1.54) is 0 Å². The molecular weight excluding hydrogens is 897 g/mol. The molecule has 0 aliphatic rings. The minimum Gasteiger partial charge on any atom is -0.310 e. The summed E-state index contributed by atoms with van der Waals surface area (Å²) in [5, 5.41) is 7.66. The maximum atomic E-state index is 9.46. The highest BCUT2D eigenvalue weighted by molar-refractivity contribution is 6.32. The Labute approximate surface area is 449 Å². The predicted octanol–water partition coefficient (Wildman–Crippen LogP) is 20.1. The van der Waals surface area contributed by atoms with Crippen LogP contribution in [0.1, 0.15) is 119 Å². The second kappa shape index (κ2) is 15.8. The van der Waals surface area contributed by atoms with Crippen molar-refractivity contribution in [2.24, 2.45) is 0 Å². The van der Waals surface area contributed by atoms with Gasteiger partial charge in [-0.05, 0) is 141 Å². The fourth-order valence-electron chi connectivity index (χ4n) is 11.6. The fourth-order valence-corrected chi connectivity index (χ4v) is 11.6. The number of hydrogen-bond donors (Lipinski definition) is 0. The number of rotatable bonds is 6. The van der Waals surface area contributed by atoms with Crippen LogP contribution in [-0.4, -0.2) is 8.80 Å². The molecule has 13 aromatic rings. The van der Waals surface area contributed by atoms with E-state index in [2.05, 4.69) is 177 Å². The van der Waals surface area contributed by atoms with Gasteiger partial charge in [0.2, 0.25) is 0 Å². The Morgan fingerprint density at radius 2 is 0.649 bits per heavy atom. The van der Waals surface area contributed by atoms with Crippen molar-refractivity contribution in [2.45, 2.75) is 105 Å². The average molecular weight is 973 g/mol. The lowest BCUT2D eigenvalue weighted by atomic mass is 9.86. The summed E-state index contributed by atoms with van der Waals surface area (Å²) in [5.74, 6) is 0. The van der Waals surface area contributed by atoms with E-state index >= 15 is 0 Å². The van der Waals surface area contributed by atoms with E-state index in [0.717, 1.165) is 98.4 Å². The van der Waals surface area contributed by atoms with Gasteiger partial charge in [-0.1, -0.05) is 168 Å². The van der Waals surface area contributed by atoms with Gasteiger partial charge in [-0.3, -0.25) is 0 Å². The van der Waals surface area contributed by atoms with Crippen molar-refractivity contribution >= 4 is 110 Å². The van der Waals surface area contributed by atoms with E-state index in [-0.39, 0.29) is 57.2 Å². The molecular formula is C70H66N4. The highest BCUT2D eigenvalue weighted by Gasteiger charge is 2.30. The summed E-state index contributed by atoms with van der Waals surface area (Å²) in [7, 11) is 0. The first kappa shape index (κ1) is 36.2. The van der Waals surface area contributed by atoms with Crippen molar-refractivity contribution < 1.29 is 13.7 Å². The van der Waals surface area contributed by atoms with E-state index in [9.17, 15) is 5.48 Å². The van der Waals surface area contributed by atoms with Crippen LogP contribution in [0.2, 0.25) is 0 Å². The third-order valence-corrected chi connectivity index (χ3v) is 15.6. The molecule has 0 radical (unpaired) electrons. The normalized spacial score (nSPS) is 15.0. The lowest BCUT2D eigenvalue weighted by molar-refractivity contribution is 0.590. The van der Waals surface area contributed by atoms with E-state index < -0.39 is 36.3 Å². The first-order valence-corrected chi connectivity index (χ1v) is 25.8. The van der Waals surface area contributed by atoms with Gasteiger partial charge in [0.05, 0.1) is 58.2 Å². The van der Waals surface area contributed by atoms with Crippen molar-refractivity contribution in [2.75, 3.05) is 9.80 Å². The summed E-state index contributed by atoms with van der Waals surface area (Å²) in [6, 6.07) is 38.6. The molecule has 4 aromatic heterocycles. The van der Waals surface area contributed by atoms with Gasteiger partial charge in [-0.2, -0.15) is 0 Å². The van der Waals surface area contributed by atoms with Crippen molar-refractivity contribution in [1.29, 1.82) is 0 Å². The molecule has 74 heavy (non-hydrogen) atoms. The highest BCUT2D eigenvalue weighted by Crippen LogP contribution is 2.52. The van der Waals surface area contributed by atoms with Crippen LogP contribution in [0.5, 0.6) is 0 Å². The van der Waals surface area contributed by atoms with Crippen LogP contribution >= 0.6 is 0 Å². The van der Waals surface area contributed by atoms with Gasteiger partial charge in [0, 0.05) is 65.8 Å². The number of fused-ring (bicyclic) bond motifs is 12. The van der Waals surface area contributed by atoms with E-state index in [4.69, 9.17) is 8.22 Å². The zero-order valence-electron chi connectivity index (χ0n) is 54.3. The Hall–Kier alpha value is -7.82. The minimum atomic E-state index is -0.456. The van der Waals surface area contributed by atoms with Gasteiger partial charge >= 0.3 is 0 Å². The van der Waals surface area contributed by atoms with Crippen molar-refractivity contribution in [1.82, 2.24) is 8.80 Å². The number of hydrogen-bond acceptors (Lipinski definition) is 2. The monoisotopic (exact) mass is 973 g/mol. The largest absolute Gasteiger partial charge is 0.310 e. The van der Waals surface area contributed by atoms with Gasteiger partial charge in [-0.25, -0.2) is 0 Å². The molecule has 0 amide bonds. The summed E-state index contributed by atoms with van der Waals surface area (Å²) in [6.45, 7) is 26.1. The smallest absolute Gasteiger partial charge is 0.0645 e. The number of para-hydroxylation sites is 2. The molecule has 0 spiro atoms. The number of benzene rings is 9. The molecule has 0 atom stereocenters. The standard InChI is InChI=1S/C70H66N4/c1-67(2,3)43-23-29-49(30-24-43)71(47-19-15-13-16-20-47)59-37-33-51-53-41-62-54(42-61(53)73-57-35-27-45(69(7,8)9)39-55(57)63(59)65(51)73)52-34-38-60(64-56-40-46(70(10,11)12)28-36-58(56)74(62)66(52)64)72(48-21-17-14-18-22-48)50-31-25-44(26-32-50)68(4,5)6/h13-42H,1-12H3/i13D,14D,15D,16D,17D,18D,19D,20D,21D,22D. The van der Waals surface area contributed by atoms with Crippen LogP contribution in [0.25, 0.3) is 76.2 Å². The summed E-state index contributed by atoms with van der Waals surface area (Å²) < 4.78 is 95.5. The van der Waals surface area contributed by atoms with E-state index in [0.29, 0.717) is 22.7 Å². The van der Waals surface area contributed by atoms with Crippen molar-refractivity contribution in [3.05, 3.63) is 204 Å². The maximum Gasteiger partial charge on any atom is 0.0645 e. The van der Waals surface area contributed by atoms with Crippen LogP contribution < -0.4 is 9.80 Å². The quantitative estimate of drug-likeness (QED) is 0.165. The summed E-state index contributed by atoms with van der Waals surface area (Å²) in [5.41, 5.74) is 12.1. The van der Waals surface area contributed by atoms with Crippen LogP contribution in [-0.2, 0) is 21.7 Å². The molecule has 0 N–H and O–H groups in total. The molecule has 366 valence electrons. The molecule has 0 unspecified atom stereocenters. The molecule has 9 aromatic carbocycles. The number of anilines is 6. The van der Waals surface area contributed by atoms with Gasteiger partial charge in [-0.15, -0.1) is 0 Å². The molecule has 13 rings (SSSR count). The predicted molar refractivity (Wildman–Crippen MR) is 320 cm³/mol. The molecule has 0 saturated heterocycles. The fraction of sp³-hybridized carbons (Fsp3) is 0.229. The first-order valence-electron chi connectivity index (χ1n) is 30.8. The molecule has 4 heteroatoms. The van der Waals surface area contributed by atoms with Crippen LogP contribution in [0.4, 0.5) is 34.1 Å². The second-order valence-corrected chi connectivity index (χ2v) is 24.4. The Kier molecular flexibility index (Phi) is 7.74. The van der Waals surface area contributed by atoms with Crippen LogP contribution in [0, 0.1) is 0 Å². The summed E-state index contributed by atoms with van der Waals surface area (Å²) in [6.07, 6.45) is 0. The molecule has 0 bridgehead atoms. The van der Waals surface area contributed by atoms with Crippen molar-refractivity contribution in [3.63, 3.8) is 0 Å². The van der Waals surface area contributed by atoms with Gasteiger partial charge in [0.25, 0.3) is 0 Å². The lowest BCUT2D eigenvalue weighted by Crippen LogP contribution is -2.13.